The van der Waals surface area contributed by atoms with Gasteiger partial charge in [-0.3, -0.25) is 0 Å². The van der Waals surface area contributed by atoms with Crippen LogP contribution in [-0.2, 0) is 4.74 Å². The molecule has 0 aromatic carbocycles. The summed E-state index contributed by atoms with van der Waals surface area (Å²) in [4.78, 5) is 8.26. The summed E-state index contributed by atoms with van der Waals surface area (Å²) in [5.74, 6) is 1.68. The van der Waals surface area contributed by atoms with Crippen LogP contribution < -0.4 is 10.6 Å². The number of hydrogen-bond acceptors (Lipinski definition) is 5. The smallest absolute Gasteiger partial charge is 0.131 e. The summed E-state index contributed by atoms with van der Waals surface area (Å²) in [5, 5.41) is 6.39. The molecule has 16 heavy (non-hydrogen) atoms. The maximum absolute atomic E-state index is 5.23. The first-order chi connectivity index (χ1) is 7.86. The average molecular weight is 224 g/mol. The van der Waals surface area contributed by atoms with Crippen LogP contribution in [0.1, 0.15) is 20.3 Å². The summed E-state index contributed by atoms with van der Waals surface area (Å²) in [7, 11) is 0. The molecule has 5 nitrogen and oxygen atoms in total. The molecule has 1 heterocycles. The third-order valence-electron chi connectivity index (χ3n) is 1.98. The minimum Gasteiger partial charge on any atom is -0.380 e. The van der Waals surface area contributed by atoms with Crippen molar-refractivity contribution in [3.8, 4) is 0 Å². The van der Waals surface area contributed by atoms with Crippen LogP contribution in [0.15, 0.2) is 12.4 Å². The molecule has 0 aliphatic rings. The number of nitrogens with zero attached hydrogens (tertiary/aromatic N) is 2. The summed E-state index contributed by atoms with van der Waals surface area (Å²) in [6.07, 6.45) is 2.64. The van der Waals surface area contributed by atoms with E-state index in [9.17, 15) is 0 Å². The SMILES string of the molecule is CCCNc1cc(NCCOCC)ncn1. The van der Waals surface area contributed by atoms with Crippen LogP contribution in [0.5, 0.6) is 0 Å². The van der Waals surface area contributed by atoms with Crippen molar-refractivity contribution in [2.45, 2.75) is 20.3 Å². The number of anilines is 2. The molecule has 0 aliphatic heterocycles. The molecule has 1 aromatic rings. The van der Waals surface area contributed by atoms with Gasteiger partial charge in [-0.15, -0.1) is 0 Å². The molecule has 0 bridgehead atoms. The van der Waals surface area contributed by atoms with Crippen molar-refractivity contribution in [1.82, 2.24) is 9.97 Å². The topological polar surface area (TPSA) is 59.1 Å². The highest BCUT2D eigenvalue weighted by Crippen LogP contribution is 2.07. The van der Waals surface area contributed by atoms with Gasteiger partial charge in [0, 0.05) is 25.8 Å². The summed E-state index contributed by atoms with van der Waals surface area (Å²) in [5.41, 5.74) is 0. The lowest BCUT2D eigenvalue weighted by Gasteiger charge is -2.07. The predicted molar refractivity (Wildman–Crippen MR) is 65.8 cm³/mol. The Bertz CT molecular complexity index is 293. The molecule has 0 unspecified atom stereocenters. The molecular formula is C11H20N4O. The summed E-state index contributed by atoms with van der Waals surface area (Å²) >= 11 is 0. The molecule has 1 rings (SSSR count). The third kappa shape index (κ3) is 4.93. The normalized spacial score (nSPS) is 10.1. The van der Waals surface area contributed by atoms with Gasteiger partial charge in [0.25, 0.3) is 0 Å². The lowest BCUT2D eigenvalue weighted by atomic mass is 10.4. The Kier molecular flexibility index (Phi) is 6.25. The van der Waals surface area contributed by atoms with Gasteiger partial charge < -0.3 is 15.4 Å². The number of ether oxygens (including phenoxy) is 1. The van der Waals surface area contributed by atoms with Crippen molar-refractivity contribution in [3.63, 3.8) is 0 Å². The van der Waals surface area contributed by atoms with Crippen molar-refractivity contribution in [3.05, 3.63) is 12.4 Å². The maximum atomic E-state index is 5.23. The Morgan fingerprint density at radius 1 is 1.12 bits per heavy atom. The van der Waals surface area contributed by atoms with Gasteiger partial charge >= 0.3 is 0 Å². The Balaban J connectivity index is 2.35. The standard InChI is InChI=1S/C11H20N4O/c1-3-5-12-10-8-11(15-9-14-10)13-6-7-16-4-2/h8-9H,3-7H2,1-2H3,(H2,12,13,14,15). The van der Waals surface area contributed by atoms with Gasteiger partial charge in [0.15, 0.2) is 0 Å². The zero-order valence-corrected chi connectivity index (χ0v) is 9.99. The molecule has 0 spiro atoms. The van der Waals surface area contributed by atoms with Gasteiger partial charge in [0.2, 0.25) is 0 Å². The first-order valence-electron chi connectivity index (χ1n) is 5.74. The van der Waals surface area contributed by atoms with Gasteiger partial charge in [-0.2, -0.15) is 0 Å². The molecule has 2 N–H and O–H groups in total. The zero-order valence-electron chi connectivity index (χ0n) is 9.99. The van der Waals surface area contributed by atoms with Gasteiger partial charge in [-0.25, -0.2) is 9.97 Å². The number of nitrogens with one attached hydrogen (secondary N) is 2. The van der Waals surface area contributed by atoms with Crippen molar-refractivity contribution >= 4 is 11.6 Å². The minimum atomic E-state index is 0.693. The molecule has 0 saturated carbocycles. The van der Waals surface area contributed by atoms with Gasteiger partial charge in [0.05, 0.1) is 6.61 Å². The van der Waals surface area contributed by atoms with E-state index in [2.05, 4.69) is 27.5 Å². The fourth-order valence-electron chi connectivity index (χ4n) is 1.20. The van der Waals surface area contributed by atoms with Crippen molar-refractivity contribution < 1.29 is 4.74 Å². The second kappa shape index (κ2) is 7.87. The molecule has 0 fully saturated rings. The molecular weight excluding hydrogens is 204 g/mol. The lowest BCUT2D eigenvalue weighted by Crippen LogP contribution is -2.11. The second-order valence-electron chi connectivity index (χ2n) is 3.34. The van der Waals surface area contributed by atoms with Crippen molar-refractivity contribution in [2.24, 2.45) is 0 Å². The Hall–Kier alpha value is -1.36. The largest absolute Gasteiger partial charge is 0.380 e. The van der Waals surface area contributed by atoms with E-state index in [0.717, 1.165) is 37.8 Å². The van der Waals surface area contributed by atoms with Gasteiger partial charge in [0.1, 0.15) is 18.0 Å². The van der Waals surface area contributed by atoms with E-state index in [1.54, 1.807) is 6.33 Å². The van der Waals surface area contributed by atoms with Crippen LogP contribution >= 0.6 is 0 Å². The van der Waals surface area contributed by atoms with Gasteiger partial charge in [-0.05, 0) is 13.3 Å². The van der Waals surface area contributed by atoms with Crippen LogP contribution in [0.2, 0.25) is 0 Å². The molecule has 0 aliphatic carbocycles. The first-order valence-corrected chi connectivity index (χ1v) is 5.74. The fraction of sp³-hybridized carbons (Fsp3) is 0.636. The highest BCUT2D eigenvalue weighted by molar-refractivity contribution is 5.46. The van der Waals surface area contributed by atoms with Crippen molar-refractivity contribution in [2.75, 3.05) is 36.9 Å². The van der Waals surface area contributed by atoms with E-state index < -0.39 is 0 Å². The van der Waals surface area contributed by atoms with Gasteiger partial charge in [-0.1, -0.05) is 6.92 Å². The summed E-state index contributed by atoms with van der Waals surface area (Å²) in [6.45, 7) is 7.23. The maximum Gasteiger partial charge on any atom is 0.131 e. The third-order valence-corrected chi connectivity index (χ3v) is 1.98. The van der Waals surface area contributed by atoms with Crippen LogP contribution in [0.3, 0.4) is 0 Å². The van der Waals surface area contributed by atoms with E-state index in [4.69, 9.17) is 4.74 Å². The fourth-order valence-corrected chi connectivity index (χ4v) is 1.20. The van der Waals surface area contributed by atoms with Crippen molar-refractivity contribution in [1.29, 1.82) is 0 Å². The highest BCUT2D eigenvalue weighted by Gasteiger charge is 1.96. The number of rotatable bonds is 8. The monoisotopic (exact) mass is 224 g/mol. The summed E-state index contributed by atoms with van der Waals surface area (Å²) in [6, 6.07) is 1.90. The molecule has 0 saturated heterocycles. The zero-order chi connectivity index (χ0) is 11.6. The number of aromatic nitrogens is 2. The Morgan fingerprint density at radius 3 is 2.44 bits per heavy atom. The van der Waals surface area contributed by atoms with Crippen LogP contribution in [0, 0.1) is 0 Å². The minimum absolute atomic E-state index is 0.693. The van der Waals surface area contributed by atoms with E-state index in [0.29, 0.717) is 6.61 Å². The van der Waals surface area contributed by atoms with E-state index in [1.807, 2.05) is 13.0 Å². The predicted octanol–water partition coefficient (Wildman–Crippen LogP) is 1.75. The Morgan fingerprint density at radius 2 is 1.81 bits per heavy atom. The summed E-state index contributed by atoms with van der Waals surface area (Å²) < 4.78 is 5.23. The van der Waals surface area contributed by atoms with Crippen LogP contribution in [0.25, 0.3) is 0 Å². The first kappa shape index (κ1) is 12.7. The average Bonchev–Trinajstić information content (AvgIpc) is 2.33. The molecule has 0 radical (unpaired) electrons. The lowest BCUT2D eigenvalue weighted by molar-refractivity contribution is 0.158. The van der Waals surface area contributed by atoms with E-state index in [-0.39, 0.29) is 0 Å². The van der Waals surface area contributed by atoms with E-state index >= 15 is 0 Å². The highest BCUT2D eigenvalue weighted by atomic mass is 16.5. The molecule has 5 heteroatoms. The quantitative estimate of drug-likeness (QED) is 0.659. The Labute approximate surface area is 96.6 Å². The van der Waals surface area contributed by atoms with Crippen LogP contribution in [0.4, 0.5) is 11.6 Å². The molecule has 0 atom stereocenters. The van der Waals surface area contributed by atoms with E-state index in [1.165, 1.54) is 0 Å². The second-order valence-corrected chi connectivity index (χ2v) is 3.34. The van der Waals surface area contributed by atoms with Crippen LogP contribution in [-0.4, -0.2) is 36.3 Å². The molecule has 1 aromatic heterocycles. The molecule has 0 amide bonds. The number of hydrogen-bond donors (Lipinski definition) is 2. The molecule has 90 valence electrons.